The third kappa shape index (κ3) is 4.94. The largest absolute Gasteiger partial charge is 0.348 e. The molecule has 0 aromatic heterocycles. The van der Waals surface area contributed by atoms with E-state index in [4.69, 9.17) is 23.2 Å². The lowest BCUT2D eigenvalue weighted by molar-refractivity contribution is -0.123. The van der Waals surface area contributed by atoms with Crippen LogP contribution in [0.25, 0.3) is 0 Å². The number of rotatable bonds is 5. The van der Waals surface area contributed by atoms with Crippen LogP contribution in [0.3, 0.4) is 0 Å². The molecule has 0 saturated carbocycles. The number of benzene rings is 2. The molecule has 7 heteroatoms. The maximum absolute atomic E-state index is 13.2. The second-order valence-corrected chi connectivity index (χ2v) is 6.39. The number of carbonyl (C=O) groups excluding carboxylic acids is 2. The molecule has 4 nitrogen and oxygen atoms in total. The van der Waals surface area contributed by atoms with E-state index in [1.165, 1.54) is 12.1 Å². The van der Waals surface area contributed by atoms with Crippen molar-refractivity contribution in [2.24, 2.45) is 0 Å². The maximum Gasteiger partial charge on any atom is 0.253 e. The molecule has 2 aromatic rings. The van der Waals surface area contributed by atoms with Crippen LogP contribution in [0.1, 0.15) is 35.8 Å². The first-order valence-corrected chi connectivity index (χ1v) is 8.36. The average molecular weight is 383 g/mol. The molecule has 2 amide bonds. The summed E-state index contributed by atoms with van der Waals surface area (Å²) in [5.41, 5.74) is 0.951. The molecule has 0 spiro atoms. The Morgan fingerprint density at radius 1 is 1.00 bits per heavy atom. The Kier molecular flexibility index (Phi) is 6.39. The zero-order chi connectivity index (χ0) is 18.6. The van der Waals surface area contributed by atoms with Gasteiger partial charge in [-0.3, -0.25) is 9.59 Å². The van der Waals surface area contributed by atoms with Gasteiger partial charge in [-0.1, -0.05) is 41.4 Å². The summed E-state index contributed by atoms with van der Waals surface area (Å²) < 4.78 is 13.2. The molecule has 0 radical (unpaired) electrons. The summed E-state index contributed by atoms with van der Waals surface area (Å²) in [5.74, 6) is -1.34. The van der Waals surface area contributed by atoms with Gasteiger partial charge >= 0.3 is 0 Å². The summed E-state index contributed by atoms with van der Waals surface area (Å²) in [6.07, 6.45) is 0. The average Bonchev–Trinajstić information content (AvgIpc) is 2.57. The molecule has 25 heavy (non-hydrogen) atoms. The smallest absolute Gasteiger partial charge is 0.253 e. The molecule has 0 aliphatic rings. The van der Waals surface area contributed by atoms with Gasteiger partial charge in [-0.25, -0.2) is 4.39 Å². The van der Waals surface area contributed by atoms with E-state index in [-0.39, 0.29) is 10.9 Å². The van der Waals surface area contributed by atoms with Crippen molar-refractivity contribution >= 4 is 35.0 Å². The predicted octanol–water partition coefficient (Wildman–Crippen LogP) is 4.13. The Hall–Kier alpha value is -2.11. The molecule has 2 N–H and O–H groups in total. The van der Waals surface area contributed by atoms with Gasteiger partial charge in [0.05, 0.1) is 21.7 Å². The van der Waals surface area contributed by atoms with Crippen molar-refractivity contribution in [3.05, 3.63) is 69.5 Å². The van der Waals surface area contributed by atoms with E-state index >= 15 is 0 Å². The van der Waals surface area contributed by atoms with Crippen molar-refractivity contribution in [3.8, 4) is 0 Å². The fourth-order valence-electron chi connectivity index (χ4n) is 2.19. The van der Waals surface area contributed by atoms with Gasteiger partial charge in [0.1, 0.15) is 11.9 Å². The van der Waals surface area contributed by atoms with Crippen molar-refractivity contribution in [1.29, 1.82) is 0 Å². The monoisotopic (exact) mass is 382 g/mol. The zero-order valence-electron chi connectivity index (χ0n) is 13.6. The lowest BCUT2D eigenvalue weighted by atomic mass is 10.1. The number of hydrogen-bond donors (Lipinski definition) is 2. The molecule has 132 valence electrons. The summed E-state index contributed by atoms with van der Waals surface area (Å²) >= 11 is 11.7. The van der Waals surface area contributed by atoms with Gasteiger partial charge in [0.25, 0.3) is 5.91 Å². The van der Waals surface area contributed by atoms with Crippen LogP contribution in [0.5, 0.6) is 0 Å². The van der Waals surface area contributed by atoms with Gasteiger partial charge < -0.3 is 10.6 Å². The van der Waals surface area contributed by atoms with Gasteiger partial charge in [0, 0.05) is 0 Å². The number of carbonyl (C=O) groups is 2. The molecule has 0 aliphatic heterocycles. The minimum Gasteiger partial charge on any atom is -0.348 e. The van der Waals surface area contributed by atoms with E-state index in [9.17, 15) is 14.0 Å². The molecule has 0 bridgehead atoms. The van der Waals surface area contributed by atoms with E-state index in [2.05, 4.69) is 10.6 Å². The van der Waals surface area contributed by atoms with Crippen LogP contribution in [0.15, 0.2) is 42.5 Å². The highest BCUT2D eigenvalue weighted by Crippen LogP contribution is 2.21. The predicted molar refractivity (Wildman–Crippen MR) is 96.3 cm³/mol. The zero-order valence-corrected chi connectivity index (χ0v) is 15.2. The van der Waals surface area contributed by atoms with Gasteiger partial charge in [0.15, 0.2) is 0 Å². The third-order valence-corrected chi connectivity index (χ3v) is 4.28. The Bertz CT molecular complexity index is 798. The van der Waals surface area contributed by atoms with Crippen molar-refractivity contribution in [2.45, 2.75) is 25.9 Å². The van der Waals surface area contributed by atoms with E-state index in [1.807, 2.05) is 0 Å². The number of halogens is 3. The lowest BCUT2D eigenvalue weighted by Gasteiger charge is -2.19. The van der Waals surface area contributed by atoms with Crippen LogP contribution in [0.4, 0.5) is 4.39 Å². The first kappa shape index (κ1) is 19.2. The molecular weight excluding hydrogens is 366 g/mol. The molecule has 0 heterocycles. The topological polar surface area (TPSA) is 58.2 Å². The lowest BCUT2D eigenvalue weighted by Crippen LogP contribution is -2.45. The molecule has 2 rings (SSSR count). The Morgan fingerprint density at radius 3 is 2.32 bits per heavy atom. The van der Waals surface area contributed by atoms with E-state index in [0.29, 0.717) is 16.1 Å². The summed E-state index contributed by atoms with van der Waals surface area (Å²) in [6.45, 7) is 3.30. The minimum atomic E-state index is -0.776. The number of amides is 2. The van der Waals surface area contributed by atoms with Gasteiger partial charge in [0.2, 0.25) is 5.91 Å². The second kappa shape index (κ2) is 8.32. The van der Waals surface area contributed by atoms with Crippen molar-refractivity contribution < 1.29 is 14.0 Å². The minimum absolute atomic E-state index is 0.0151. The molecule has 0 fully saturated rings. The third-order valence-electron chi connectivity index (χ3n) is 3.66. The highest BCUT2D eigenvalue weighted by atomic mass is 35.5. The first-order valence-electron chi connectivity index (χ1n) is 7.60. The molecule has 0 unspecified atom stereocenters. The summed E-state index contributed by atoms with van der Waals surface area (Å²) in [5, 5.41) is 5.63. The van der Waals surface area contributed by atoms with Crippen molar-refractivity contribution in [1.82, 2.24) is 10.6 Å². The number of nitrogens with one attached hydrogen (secondary N) is 2. The molecule has 0 aliphatic carbocycles. The van der Waals surface area contributed by atoms with Gasteiger partial charge in [-0.2, -0.15) is 0 Å². The Morgan fingerprint density at radius 2 is 1.68 bits per heavy atom. The van der Waals surface area contributed by atoms with Crippen LogP contribution < -0.4 is 10.6 Å². The Labute approximate surface area is 155 Å². The van der Waals surface area contributed by atoms with E-state index < -0.39 is 23.8 Å². The molecular formula is C18H17Cl2FN2O2. The van der Waals surface area contributed by atoms with Crippen LogP contribution in [-0.2, 0) is 4.79 Å². The fourth-order valence-corrected chi connectivity index (χ4v) is 2.60. The normalized spacial score (nSPS) is 13.0. The second-order valence-electron chi connectivity index (χ2n) is 5.58. The highest BCUT2D eigenvalue weighted by molar-refractivity contribution is 6.33. The fraction of sp³-hybridized carbons (Fsp3) is 0.222. The first-order chi connectivity index (χ1) is 11.8. The van der Waals surface area contributed by atoms with Crippen LogP contribution in [0, 0.1) is 5.82 Å². The van der Waals surface area contributed by atoms with Crippen LogP contribution in [-0.4, -0.2) is 17.9 Å². The molecule has 2 aromatic carbocycles. The van der Waals surface area contributed by atoms with E-state index in [1.54, 1.807) is 44.2 Å². The van der Waals surface area contributed by atoms with Crippen molar-refractivity contribution in [3.63, 3.8) is 0 Å². The summed E-state index contributed by atoms with van der Waals surface area (Å²) in [4.78, 5) is 24.4. The van der Waals surface area contributed by atoms with E-state index in [0.717, 1.165) is 0 Å². The van der Waals surface area contributed by atoms with Crippen molar-refractivity contribution in [2.75, 3.05) is 0 Å². The summed E-state index contributed by atoms with van der Waals surface area (Å²) in [6, 6.07) is 9.63. The molecule has 0 saturated heterocycles. The van der Waals surface area contributed by atoms with Crippen LogP contribution >= 0.6 is 23.2 Å². The van der Waals surface area contributed by atoms with Gasteiger partial charge in [-0.15, -0.1) is 0 Å². The standard InChI is InChI=1S/C18H17Cl2FN2O2/c1-10(12-7-8-16(21)15(20)9-12)22-17(24)11(2)23-18(25)13-5-3-4-6-14(13)19/h3-11H,1-2H3,(H,22,24)(H,23,25)/t10-,11+/m0/s1. The highest BCUT2D eigenvalue weighted by Gasteiger charge is 2.20. The van der Waals surface area contributed by atoms with Gasteiger partial charge in [-0.05, 0) is 43.7 Å². The van der Waals surface area contributed by atoms with Crippen LogP contribution in [0.2, 0.25) is 10.0 Å². The summed E-state index contributed by atoms with van der Waals surface area (Å²) in [7, 11) is 0. The SMILES string of the molecule is C[C@H](NC(=O)[C@@H](C)NC(=O)c1ccccc1Cl)c1ccc(F)c(Cl)c1. The Balaban J connectivity index is 1.99. The quantitative estimate of drug-likeness (QED) is 0.816. The number of hydrogen-bond acceptors (Lipinski definition) is 2. The molecule has 2 atom stereocenters. The maximum atomic E-state index is 13.2.